The van der Waals surface area contributed by atoms with E-state index in [1.165, 1.54) is 0 Å². The molecule has 42 valence electrons. The highest BCUT2D eigenvalue weighted by atomic mass is 35.5. The average molecular weight is 139 g/mol. The van der Waals surface area contributed by atoms with Crippen molar-refractivity contribution in [2.45, 2.75) is 19.2 Å². The van der Waals surface area contributed by atoms with Crippen LogP contribution in [0.25, 0.3) is 0 Å². The first-order valence-electron chi connectivity index (χ1n) is 2.14. The highest BCUT2D eigenvalue weighted by Gasteiger charge is 1.96. The maximum atomic E-state index is 5.53. The SMILES string of the molecule is C/C=C(/Cl)C(C)Cl. The standard InChI is InChI=1S/C5H8Cl2/c1-3-5(7)4(2)6/h3-4H,1-2H3/b5-3+. The minimum Gasteiger partial charge on any atom is -0.117 e. The summed E-state index contributed by atoms with van der Waals surface area (Å²) in [5, 5.41) is 0.674. The van der Waals surface area contributed by atoms with Crippen LogP contribution in [-0.4, -0.2) is 5.38 Å². The fourth-order valence-corrected chi connectivity index (χ4v) is 0.356. The van der Waals surface area contributed by atoms with Crippen LogP contribution in [0.3, 0.4) is 0 Å². The van der Waals surface area contributed by atoms with Gasteiger partial charge in [-0.1, -0.05) is 17.7 Å². The van der Waals surface area contributed by atoms with E-state index in [0.29, 0.717) is 5.03 Å². The molecule has 0 saturated carbocycles. The van der Waals surface area contributed by atoms with Crippen LogP contribution in [0, 0.1) is 0 Å². The van der Waals surface area contributed by atoms with Crippen molar-refractivity contribution >= 4 is 23.2 Å². The van der Waals surface area contributed by atoms with Crippen LogP contribution in [0.1, 0.15) is 13.8 Å². The van der Waals surface area contributed by atoms with Crippen LogP contribution in [0.15, 0.2) is 11.1 Å². The monoisotopic (exact) mass is 138 g/mol. The van der Waals surface area contributed by atoms with Gasteiger partial charge in [0.05, 0.1) is 5.38 Å². The van der Waals surface area contributed by atoms with E-state index >= 15 is 0 Å². The lowest BCUT2D eigenvalue weighted by molar-refractivity contribution is 1.19. The predicted octanol–water partition coefficient (Wildman–Crippen LogP) is 2.76. The second-order valence-electron chi connectivity index (χ2n) is 1.29. The number of halogens is 2. The lowest BCUT2D eigenvalue weighted by Gasteiger charge is -1.94. The molecule has 0 aliphatic carbocycles. The summed E-state index contributed by atoms with van der Waals surface area (Å²) in [6.07, 6.45) is 1.79. The van der Waals surface area contributed by atoms with Crippen molar-refractivity contribution in [1.29, 1.82) is 0 Å². The number of rotatable bonds is 1. The smallest absolute Gasteiger partial charge is 0.0660 e. The minimum absolute atomic E-state index is 0.0355. The van der Waals surface area contributed by atoms with Crippen LogP contribution in [0.2, 0.25) is 0 Å². The molecule has 0 N–H and O–H groups in total. The van der Waals surface area contributed by atoms with Crippen LogP contribution in [-0.2, 0) is 0 Å². The molecule has 0 radical (unpaired) electrons. The largest absolute Gasteiger partial charge is 0.117 e. The summed E-state index contributed by atoms with van der Waals surface area (Å²) >= 11 is 11.1. The zero-order valence-electron chi connectivity index (χ0n) is 4.41. The lowest BCUT2D eigenvalue weighted by Crippen LogP contribution is -1.86. The van der Waals surface area contributed by atoms with E-state index in [4.69, 9.17) is 23.2 Å². The fourth-order valence-electron chi connectivity index (χ4n) is 0.230. The summed E-state index contributed by atoms with van der Waals surface area (Å²) in [5.74, 6) is 0. The molecule has 0 aromatic rings. The number of hydrogen-bond donors (Lipinski definition) is 0. The Morgan fingerprint density at radius 3 is 2.14 bits per heavy atom. The topological polar surface area (TPSA) is 0 Å². The van der Waals surface area contributed by atoms with Crippen molar-refractivity contribution in [3.8, 4) is 0 Å². The molecule has 0 aromatic carbocycles. The Labute approximate surface area is 54.1 Å². The molecular formula is C5H8Cl2. The minimum atomic E-state index is -0.0355. The van der Waals surface area contributed by atoms with Gasteiger partial charge in [-0.3, -0.25) is 0 Å². The van der Waals surface area contributed by atoms with Crippen LogP contribution < -0.4 is 0 Å². The molecule has 1 atom stereocenters. The van der Waals surface area contributed by atoms with E-state index in [0.717, 1.165) is 0 Å². The first kappa shape index (κ1) is 7.32. The van der Waals surface area contributed by atoms with Crippen molar-refractivity contribution in [3.63, 3.8) is 0 Å². The van der Waals surface area contributed by atoms with E-state index in [2.05, 4.69) is 0 Å². The summed E-state index contributed by atoms with van der Waals surface area (Å²) in [4.78, 5) is 0. The first-order valence-corrected chi connectivity index (χ1v) is 2.95. The first-order chi connectivity index (χ1) is 3.18. The molecule has 0 heterocycles. The highest BCUT2D eigenvalue weighted by molar-refractivity contribution is 6.37. The van der Waals surface area contributed by atoms with E-state index in [-0.39, 0.29) is 5.38 Å². The van der Waals surface area contributed by atoms with Crippen molar-refractivity contribution in [2.75, 3.05) is 0 Å². The number of allylic oxidation sites excluding steroid dienone is 2. The summed E-state index contributed by atoms with van der Waals surface area (Å²) in [7, 11) is 0. The third-order valence-electron chi connectivity index (χ3n) is 0.656. The third-order valence-corrected chi connectivity index (χ3v) is 1.55. The Balaban J connectivity index is 3.56. The Kier molecular flexibility index (Phi) is 3.49. The second kappa shape index (κ2) is 3.34. The molecule has 0 spiro atoms. The Bertz CT molecular complexity index is 74.1. The van der Waals surface area contributed by atoms with Gasteiger partial charge in [0.15, 0.2) is 0 Å². The van der Waals surface area contributed by atoms with Gasteiger partial charge in [0.2, 0.25) is 0 Å². The molecule has 0 rings (SSSR count). The van der Waals surface area contributed by atoms with Crippen LogP contribution >= 0.6 is 23.2 Å². The van der Waals surface area contributed by atoms with Crippen molar-refractivity contribution in [2.24, 2.45) is 0 Å². The van der Waals surface area contributed by atoms with Gasteiger partial charge < -0.3 is 0 Å². The summed E-state index contributed by atoms with van der Waals surface area (Å²) in [6, 6.07) is 0. The van der Waals surface area contributed by atoms with Gasteiger partial charge in [0.1, 0.15) is 0 Å². The van der Waals surface area contributed by atoms with E-state index in [1.807, 2.05) is 13.8 Å². The third kappa shape index (κ3) is 2.95. The van der Waals surface area contributed by atoms with Crippen LogP contribution in [0.5, 0.6) is 0 Å². The van der Waals surface area contributed by atoms with Gasteiger partial charge in [-0.25, -0.2) is 0 Å². The zero-order valence-corrected chi connectivity index (χ0v) is 5.92. The molecule has 7 heavy (non-hydrogen) atoms. The predicted molar refractivity (Wildman–Crippen MR) is 34.9 cm³/mol. The Hall–Kier alpha value is 0.320. The summed E-state index contributed by atoms with van der Waals surface area (Å²) < 4.78 is 0. The molecule has 0 aromatic heterocycles. The van der Waals surface area contributed by atoms with Gasteiger partial charge in [0.25, 0.3) is 0 Å². The summed E-state index contributed by atoms with van der Waals surface area (Å²) in [6.45, 7) is 3.70. The van der Waals surface area contributed by atoms with Gasteiger partial charge in [0, 0.05) is 5.03 Å². The van der Waals surface area contributed by atoms with Gasteiger partial charge >= 0.3 is 0 Å². The van der Waals surface area contributed by atoms with Gasteiger partial charge in [-0.05, 0) is 13.8 Å². The Morgan fingerprint density at radius 2 is 2.14 bits per heavy atom. The van der Waals surface area contributed by atoms with Crippen molar-refractivity contribution in [1.82, 2.24) is 0 Å². The average Bonchev–Trinajstić information content (AvgIpc) is 1.65. The molecular weight excluding hydrogens is 131 g/mol. The van der Waals surface area contributed by atoms with Gasteiger partial charge in [-0.15, -0.1) is 11.6 Å². The van der Waals surface area contributed by atoms with E-state index < -0.39 is 0 Å². The zero-order chi connectivity index (χ0) is 5.86. The maximum absolute atomic E-state index is 5.53. The highest BCUT2D eigenvalue weighted by Crippen LogP contribution is 2.11. The van der Waals surface area contributed by atoms with E-state index in [1.54, 1.807) is 6.08 Å². The molecule has 0 amide bonds. The van der Waals surface area contributed by atoms with Gasteiger partial charge in [-0.2, -0.15) is 0 Å². The van der Waals surface area contributed by atoms with Crippen molar-refractivity contribution < 1.29 is 0 Å². The number of alkyl halides is 1. The normalized spacial score (nSPS) is 16.9. The summed E-state index contributed by atoms with van der Waals surface area (Å²) in [5.41, 5.74) is 0. The molecule has 0 saturated heterocycles. The maximum Gasteiger partial charge on any atom is 0.0660 e. The molecule has 0 fully saturated rings. The molecule has 0 nitrogen and oxygen atoms in total. The molecule has 0 bridgehead atoms. The second-order valence-corrected chi connectivity index (χ2v) is 2.38. The van der Waals surface area contributed by atoms with Crippen molar-refractivity contribution in [3.05, 3.63) is 11.1 Å². The number of hydrogen-bond acceptors (Lipinski definition) is 0. The van der Waals surface area contributed by atoms with Crippen LogP contribution in [0.4, 0.5) is 0 Å². The van der Waals surface area contributed by atoms with E-state index in [9.17, 15) is 0 Å². The molecule has 2 heteroatoms. The molecule has 0 aliphatic heterocycles. The quantitative estimate of drug-likeness (QED) is 0.490. The lowest BCUT2D eigenvalue weighted by atomic mass is 10.4. The molecule has 0 aliphatic rings. The fraction of sp³-hybridized carbons (Fsp3) is 0.600. The Morgan fingerprint density at radius 1 is 1.71 bits per heavy atom. The molecule has 1 unspecified atom stereocenters.